The minimum absolute atomic E-state index is 0.377. The van der Waals surface area contributed by atoms with E-state index in [1.54, 1.807) is 6.20 Å². The van der Waals surface area contributed by atoms with Crippen molar-refractivity contribution >= 4 is 28.7 Å². The van der Waals surface area contributed by atoms with E-state index in [2.05, 4.69) is 36.2 Å². The van der Waals surface area contributed by atoms with Crippen LogP contribution in [-0.4, -0.2) is 17.0 Å². The zero-order valence-corrected chi connectivity index (χ0v) is 12.9. The second-order valence-electron chi connectivity index (χ2n) is 4.77. The molecule has 0 aliphatic rings. The molecule has 0 saturated carbocycles. The number of rotatable bonds is 4. The predicted octanol–water partition coefficient (Wildman–Crippen LogP) is 3.35. The molecule has 104 valence electrons. The van der Waals surface area contributed by atoms with Crippen LogP contribution >= 0.6 is 12.2 Å². The molecule has 0 unspecified atom stereocenters. The second-order valence-corrected chi connectivity index (χ2v) is 5.21. The molecule has 2 N–H and O–H groups in total. The van der Waals surface area contributed by atoms with Gasteiger partial charge < -0.3 is 10.6 Å². The van der Waals surface area contributed by atoms with Crippen molar-refractivity contribution < 1.29 is 0 Å². The van der Waals surface area contributed by atoms with Gasteiger partial charge in [-0.3, -0.25) is 0 Å². The van der Waals surface area contributed by atoms with Crippen molar-refractivity contribution in [3.63, 3.8) is 0 Å². The van der Waals surface area contributed by atoms with Gasteiger partial charge in [0.15, 0.2) is 0 Å². The van der Waals surface area contributed by atoms with Crippen molar-refractivity contribution in [2.75, 3.05) is 11.9 Å². The molecule has 0 aliphatic heterocycles. The summed E-state index contributed by atoms with van der Waals surface area (Å²) in [5.41, 5.74) is 10.1. The topological polar surface area (TPSA) is 42.2 Å². The largest absolute Gasteiger partial charge is 0.389 e. The summed E-state index contributed by atoms with van der Waals surface area (Å²) in [6.07, 6.45) is 2.81. The molecule has 3 nitrogen and oxygen atoms in total. The van der Waals surface area contributed by atoms with Gasteiger partial charge >= 0.3 is 0 Å². The summed E-state index contributed by atoms with van der Waals surface area (Å²) < 4.78 is 0. The van der Waals surface area contributed by atoms with Crippen molar-refractivity contribution in [2.24, 2.45) is 5.73 Å². The van der Waals surface area contributed by atoms with Gasteiger partial charge in [-0.05, 0) is 42.7 Å². The number of anilines is 2. The third kappa shape index (κ3) is 2.80. The summed E-state index contributed by atoms with van der Waals surface area (Å²) in [6.45, 7) is 4.14. The van der Waals surface area contributed by atoms with Crippen molar-refractivity contribution in [3.05, 3.63) is 53.2 Å². The molecule has 1 heterocycles. The number of pyridine rings is 1. The maximum Gasteiger partial charge on any atom is 0.143 e. The summed E-state index contributed by atoms with van der Waals surface area (Å²) in [5.74, 6) is 0.793. The Balaban J connectivity index is 2.44. The molecule has 0 fully saturated rings. The van der Waals surface area contributed by atoms with E-state index in [4.69, 9.17) is 18.0 Å². The lowest BCUT2D eigenvalue weighted by Gasteiger charge is -2.22. The first-order valence-corrected chi connectivity index (χ1v) is 7.03. The summed E-state index contributed by atoms with van der Waals surface area (Å²) >= 11 is 5.16. The van der Waals surface area contributed by atoms with Gasteiger partial charge in [0.05, 0.1) is 5.56 Å². The summed E-state index contributed by atoms with van der Waals surface area (Å²) in [7, 11) is 1.98. The molecule has 0 atom stereocenters. The summed E-state index contributed by atoms with van der Waals surface area (Å²) in [5, 5.41) is 0. The van der Waals surface area contributed by atoms with Crippen LogP contribution in [0.25, 0.3) is 0 Å². The minimum Gasteiger partial charge on any atom is -0.389 e. The average molecular weight is 285 g/mol. The van der Waals surface area contributed by atoms with E-state index in [-0.39, 0.29) is 0 Å². The van der Waals surface area contributed by atoms with E-state index in [1.165, 1.54) is 5.56 Å². The maximum absolute atomic E-state index is 5.84. The molecule has 0 amide bonds. The van der Waals surface area contributed by atoms with Gasteiger partial charge in [-0.2, -0.15) is 0 Å². The first kappa shape index (κ1) is 14.5. The molecule has 0 radical (unpaired) electrons. The Bertz CT molecular complexity index is 620. The Morgan fingerprint density at radius 3 is 2.45 bits per heavy atom. The Morgan fingerprint density at radius 2 is 1.90 bits per heavy atom. The molecule has 2 aromatic rings. The number of nitrogens with two attached hydrogens (primary N) is 1. The summed E-state index contributed by atoms with van der Waals surface area (Å²) in [4.78, 5) is 6.83. The van der Waals surface area contributed by atoms with Crippen LogP contribution in [0.2, 0.25) is 0 Å². The number of thiocarbonyl (C=S) groups is 1. The molecule has 0 aliphatic carbocycles. The molecule has 2 rings (SSSR count). The first-order chi connectivity index (χ1) is 9.54. The Kier molecular flexibility index (Phi) is 4.35. The SMILES string of the molecule is CCc1ccc(N(C)c2nccc(C)c2C(N)=S)cc1. The van der Waals surface area contributed by atoms with Gasteiger partial charge in [0.1, 0.15) is 10.8 Å². The highest BCUT2D eigenvalue weighted by Gasteiger charge is 2.14. The Labute approximate surface area is 125 Å². The number of aryl methyl sites for hydroxylation is 2. The third-order valence-corrected chi connectivity index (χ3v) is 3.64. The van der Waals surface area contributed by atoms with Crippen LogP contribution in [0.3, 0.4) is 0 Å². The highest BCUT2D eigenvalue weighted by molar-refractivity contribution is 7.80. The lowest BCUT2D eigenvalue weighted by Crippen LogP contribution is -2.20. The first-order valence-electron chi connectivity index (χ1n) is 6.62. The molecule has 0 saturated heterocycles. The fourth-order valence-electron chi connectivity index (χ4n) is 2.18. The number of hydrogen-bond acceptors (Lipinski definition) is 3. The zero-order chi connectivity index (χ0) is 14.7. The highest BCUT2D eigenvalue weighted by atomic mass is 32.1. The van der Waals surface area contributed by atoms with Crippen LogP contribution in [0, 0.1) is 6.92 Å². The normalized spacial score (nSPS) is 10.3. The quantitative estimate of drug-likeness (QED) is 0.875. The number of benzene rings is 1. The van der Waals surface area contributed by atoms with Crippen LogP contribution in [0.4, 0.5) is 11.5 Å². The molecule has 0 bridgehead atoms. The molecule has 20 heavy (non-hydrogen) atoms. The number of nitrogens with zero attached hydrogens (tertiary/aromatic N) is 2. The van der Waals surface area contributed by atoms with Gasteiger partial charge in [-0.15, -0.1) is 0 Å². The van der Waals surface area contributed by atoms with Crippen molar-refractivity contribution in [3.8, 4) is 0 Å². The van der Waals surface area contributed by atoms with Gasteiger partial charge in [0.25, 0.3) is 0 Å². The average Bonchev–Trinajstić information content (AvgIpc) is 2.46. The molecule has 4 heteroatoms. The van der Waals surface area contributed by atoms with Gasteiger partial charge in [-0.1, -0.05) is 31.3 Å². The van der Waals surface area contributed by atoms with Crippen LogP contribution in [0.1, 0.15) is 23.6 Å². The van der Waals surface area contributed by atoms with Crippen LogP contribution in [-0.2, 0) is 6.42 Å². The molecule has 0 spiro atoms. The van der Waals surface area contributed by atoms with Crippen LogP contribution in [0.15, 0.2) is 36.5 Å². The van der Waals surface area contributed by atoms with E-state index < -0.39 is 0 Å². The lowest BCUT2D eigenvalue weighted by atomic mass is 10.1. The molecule has 1 aromatic carbocycles. The fraction of sp³-hybridized carbons (Fsp3) is 0.250. The third-order valence-electron chi connectivity index (χ3n) is 3.44. The highest BCUT2D eigenvalue weighted by Crippen LogP contribution is 2.27. The molecular formula is C16H19N3S. The standard InChI is InChI=1S/C16H19N3S/c1-4-12-5-7-13(8-6-12)19(3)16-14(15(17)20)11(2)9-10-18-16/h5-10H,4H2,1-3H3,(H2,17,20). The van der Waals surface area contributed by atoms with E-state index in [0.717, 1.165) is 29.1 Å². The van der Waals surface area contributed by atoms with Gasteiger partial charge in [-0.25, -0.2) is 4.98 Å². The molecule has 1 aromatic heterocycles. The minimum atomic E-state index is 0.377. The zero-order valence-electron chi connectivity index (χ0n) is 12.1. The van der Waals surface area contributed by atoms with Crippen molar-refractivity contribution in [1.29, 1.82) is 0 Å². The Morgan fingerprint density at radius 1 is 1.25 bits per heavy atom. The van der Waals surface area contributed by atoms with Gasteiger partial charge in [0, 0.05) is 18.9 Å². The molecular weight excluding hydrogens is 266 g/mol. The summed E-state index contributed by atoms with van der Waals surface area (Å²) in [6, 6.07) is 10.4. The lowest BCUT2D eigenvalue weighted by molar-refractivity contribution is 1.10. The number of hydrogen-bond donors (Lipinski definition) is 1. The van der Waals surface area contributed by atoms with E-state index in [1.807, 2.05) is 24.9 Å². The fourth-order valence-corrected chi connectivity index (χ4v) is 2.43. The Hall–Kier alpha value is -1.94. The van der Waals surface area contributed by atoms with E-state index in [0.29, 0.717) is 4.99 Å². The van der Waals surface area contributed by atoms with Crippen LogP contribution < -0.4 is 10.6 Å². The monoisotopic (exact) mass is 285 g/mol. The maximum atomic E-state index is 5.84. The number of aromatic nitrogens is 1. The van der Waals surface area contributed by atoms with Crippen LogP contribution in [0.5, 0.6) is 0 Å². The van der Waals surface area contributed by atoms with E-state index >= 15 is 0 Å². The second kappa shape index (κ2) is 6.01. The van der Waals surface area contributed by atoms with Crippen molar-refractivity contribution in [2.45, 2.75) is 20.3 Å². The predicted molar refractivity (Wildman–Crippen MR) is 88.7 cm³/mol. The smallest absolute Gasteiger partial charge is 0.143 e. The van der Waals surface area contributed by atoms with Crippen molar-refractivity contribution in [1.82, 2.24) is 4.98 Å². The van der Waals surface area contributed by atoms with E-state index in [9.17, 15) is 0 Å². The van der Waals surface area contributed by atoms with Gasteiger partial charge in [0.2, 0.25) is 0 Å².